The van der Waals surface area contributed by atoms with Gasteiger partial charge in [0, 0.05) is 13.3 Å². The monoisotopic (exact) mass is 287 g/mol. The molecule has 2 aromatic heterocycles. The Bertz CT molecular complexity index is 596. The lowest BCUT2D eigenvalue weighted by molar-refractivity contribution is -0.137. The Labute approximate surface area is 112 Å². The molecule has 0 saturated heterocycles. The number of methoxy groups -OCH3 is 2. The number of ether oxygens (including phenoxy) is 2. The van der Waals surface area contributed by atoms with Crippen molar-refractivity contribution in [2.45, 2.75) is 12.8 Å². The third-order valence-electron chi connectivity index (χ3n) is 2.56. The molecule has 0 aliphatic carbocycles. The van der Waals surface area contributed by atoms with Crippen LogP contribution in [0.4, 0.5) is 13.2 Å². The summed E-state index contributed by atoms with van der Waals surface area (Å²) in [6.45, 7) is 0.190. The van der Waals surface area contributed by atoms with Crippen LogP contribution in [-0.4, -0.2) is 29.0 Å². The Balaban J connectivity index is 2.41. The smallest absolute Gasteiger partial charge is 0.416 e. The normalized spacial score (nSPS) is 11.7. The van der Waals surface area contributed by atoms with Gasteiger partial charge >= 0.3 is 6.18 Å². The van der Waals surface area contributed by atoms with Gasteiger partial charge in [-0.3, -0.25) is 0 Å². The summed E-state index contributed by atoms with van der Waals surface area (Å²) >= 11 is 0. The van der Waals surface area contributed by atoms with Crippen LogP contribution in [0, 0.1) is 0 Å². The lowest BCUT2D eigenvalue weighted by atomic mass is 10.2. The van der Waals surface area contributed by atoms with Gasteiger partial charge in [-0.15, -0.1) is 0 Å². The van der Waals surface area contributed by atoms with E-state index in [1.54, 1.807) is 0 Å². The van der Waals surface area contributed by atoms with E-state index >= 15 is 0 Å². The van der Waals surface area contributed by atoms with Crippen LogP contribution in [0.1, 0.15) is 11.3 Å². The van der Waals surface area contributed by atoms with Crippen molar-refractivity contribution >= 4 is 0 Å². The van der Waals surface area contributed by atoms with Crippen LogP contribution in [0.15, 0.2) is 24.5 Å². The predicted octanol–water partition coefficient (Wildman–Crippen LogP) is 2.44. The fourth-order valence-corrected chi connectivity index (χ4v) is 1.64. The summed E-state index contributed by atoms with van der Waals surface area (Å²) in [6.07, 6.45) is -1.89. The first-order valence-electron chi connectivity index (χ1n) is 5.61. The summed E-state index contributed by atoms with van der Waals surface area (Å²) in [5.41, 5.74) is -0.306. The van der Waals surface area contributed by atoms with E-state index < -0.39 is 11.7 Å². The van der Waals surface area contributed by atoms with Crippen molar-refractivity contribution in [1.29, 1.82) is 0 Å². The summed E-state index contributed by atoms with van der Waals surface area (Å²) in [6, 6.07) is 1.82. The Hall–Kier alpha value is -2.09. The SMILES string of the molecule is COCc1nn(-c2cc(C(F)(F)F)ccn2)cc1OC. The number of alkyl halides is 3. The van der Waals surface area contributed by atoms with Gasteiger partial charge in [-0.05, 0) is 12.1 Å². The lowest BCUT2D eigenvalue weighted by Gasteiger charge is -2.07. The second kappa shape index (κ2) is 5.49. The molecule has 5 nitrogen and oxygen atoms in total. The number of nitrogens with zero attached hydrogens (tertiary/aromatic N) is 3. The number of hydrogen-bond donors (Lipinski definition) is 0. The van der Waals surface area contributed by atoms with Crippen molar-refractivity contribution in [3.8, 4) is 11.6 Å². The first-order chi connectivity index (χ1) is 9.45. The van der Waals surface area contributed by atoms with Crippen LogP contribution in [-0.2, 0) is 17.5 Å². The lowest BCUT2D eigenvalue weighted by Crippen LogP contribution is -2.07. The molecule has 0 spiro atoms. The zero-order valence-corrected chi connectivity index (χ0v) is 10.8. The summed E-state index contributed by atoms with van der Waals surface area (Å²) in [7, 11) is 2.93. The largest absolute Gasteiger partial charge is 0.493 e. The van der Waals surface area contributed by atoms with E-state index in [1.165, 1.54) is 25.1 Å². The Kier molecular flexibility index (Phi) is 3.93. The predicted molar refractivity (Wildman–Crippen MR) is 63.6 cm³/mol. The highest BCUT2D eigenvalue weighted by molar-refractivity contribution is 5.33. The Morgan fingerprint density at radius 2 is 2.05 bits per heavy atom. The van der Waals surface area contributed by atoms with Crippen LogP contribution in [0.25, 0.3) is 5.82 Å². The third-order valence-corrected chi connectivity index (χ3v) is 2.56. The van der Waals surface area contributed by atoms with Gasteiger partial charge in [0.15, 0.2) is 11.6 Å². The first-order valence-corrected chi connectivity index (χ1v) is 5.61. The van der Waals surface area contributed by atoms with E-state index in [2.05, 4.69) is 10.1 Å². The van der Waals surface area contributed by atoms with Gasteiger partial charge in [-0.2, -0.15) is 18.3 Å². The fraction of sp³-hybridized carbons (Fsp3) is 0.333. The van der Waals surface area contributed by atoms with Crippen molar-refractivity contribution in [2.24, 2.45) is 0 Å². The second-order valence-electron chi connectivity index (χ2n) is 3.92. The van der Waals surface area contributed by atoms with Crippen molar-refractivity contribution in [1.82, 2.24) is 14.8 Å². The molecule has 2 heterocycles. The molecule has 2 rings (SSSR count). The summed E-state index contributed by atoms with van der Waals surface area (Å²) in [4.78, 5) is 3.88. The van der Waals surface area contributed by atoms with E-state index in [0.717, 1.165) is 18.3 Å². The van der Waals surface area contributed by atoms with E-state index in [-0.39, 0.29) is 12.4 Å². The molecule has 0 aliphatic rings. The average molecular weight is 287 g/mol. The molecule has 0 bridgehead atoms. The summed E-state index contributed by atoms with van der Waals surface area (Å²) in [5, 5.41) is 4.10. The molecule has 0 unspecified atom stereocenters. The van der Waals surface area contributed by atoms with Crippen molar-refractivity contribution < 1.29 is 22.6 Å². The molecule has 0 aliphatic heterocycles. The van der Waals surface area contributed by atoms with Gasteiger partial charge < -0.3 is 9.47 Å². The molecule has 20 heavy (non-hydrogen) atoms. The molecule has 8 heteroatoms. The molecule has 0 radical (unpaired) electrons. The van der Waals surface area contributed by atoms with Crippen LogP contribution < -0.4 is 4.74 Å². The molecule has 0 fully saturated rings. The highest BCUT2D eigenvalue weighted by atomic mass is 19.4. The summed E-state index contributed by atoms with van der Waals surface area (Å²) < 4.78 is 49.2. The van der Waals surface area contributed by atoms with Crippen molar-refractivity contribution in [3.05, 3.63) is 35.8 Å². The molecule has 0 aromatic carbocycles. The van der Waals surface area contributed by atoms with Crippen LogP contribution >= 0.6 is 0 Å². The molecule has 2 aromatic rings. The molecule has 0 amide bonds. The first kappa shape index (κ1) is 14.3. The third kappa shape index (κ3) is 2.90. The number of hydrogen-bond acceptors (Lipinski definition) is 4. The quantitative estimate of drug-likeness (QED) is 0.866. The van der Waals surface area contributed by atoms with E-state index in [4.69, 9.17) is 9.47 Å². The number of aromatic nitrogens is 3. The van der Waals surface area contributed by atoms with Gasteiger partial charge in [0.1, 0.15) is 5.69 Å². The molecule has 0 N–H and O–H groups in total. The van der Waals surface area contributed by atoms with Crippen LogP contribution in [0.2, 0.25) is 0 Å². The van der Waals surface area contributed by atoms with Gasteiger partial charge in [-0.1, -0.05) is 0 Å². The maximum atomic E-state index is 12.7. The highest BCUT2D eigenvalue weighted by Gasteiger charge is 2.31. The molecule has 0 atom stereocenters. The fourth-order valence-electron chi connectivity index (χ4n) is 1.64. The van der Waals surface area contributed by atoms with Gasteiger partial charge in [0.2, 0.25) is 0 Å². The maximum absolute atomic E-state index is 12.7. The second-order valence-corrected chi connectivity index (χ2v) is 3.92. The number of halogens is 3. The van der Waals surface area contributed by atoms with Crippen LogP contribution in [0.3, 0.4) is 0 Å². The van der Waals surface area contributed by atoms with Gasteiger partial charge in [0.05, 0.1) is 25.5 Å². The maximum Gasteiger partial charge on any atom is 0.416 e. The topological polar surface area (TPSA) is 49.2 Å². The Morgan fingerprint density at radius 1 is 1.30 bits per heavy atom. The highest BCUT2D eigenvalue weighted by Crippen LogP contribution is 2.30. The van der Waals surface area contributed by atoms with Crippen molar-refractivity contribution in [3.63, 3.8) is 0 Å². The molecular weight excluding hydrogens is 275 g/mol. The van der Waals surface area contributed by atoms with Crippen LogP contribution in [0.5, 0.6) is 5.75 Å². The van der Waals surface area contributed by atoms with Crippen molar-refractivity contribution in [2.75, 3.05) is 14.2 Å². The van der Waals surface area contributed by atoms with E-state index in [0.29, 0.717) is 11.4 Å². The van der Waals surface area contributed by atoms with Gasteiger partial charge in [0.25, 0.3) is 0 Å². The van der Waals surface area contributed by atoms with E-state index in [1.807, 2.05) is 0 Å². The minimum Gasteiger partial charge on any atom is -0.493 e. The molecule has 0 saturated carbocycles. The Morgan fingerprint density at radius 3 is 2.65 bits per heavy atom. The average Bonchev–Trinajstić information content (AvgIpc) is 2.82. The molecule has 108 valence electrons. The van der Waals surface area contributed by atoms with Gasteiger partial charge in [-0.25, -0.2) is 9.67 Å². The zero-order valence-electron chi connectivity index (χ0n) is 10.8. The molecular formula is C12H12F3N3O2. The zero-order chi connectivity index (χ0) is 14.8. The minimum atomic E-state index is -4.43. The standard InChI is InChI=1S/C12H12F3N3O2/c1-19-7-9-10(20-2)6-18(17-9)11-5-8(3-4-16-11)12(13,14)15/h3-6H,7H2,1-2H3. The minimum absolute atomic E-state index is 0.0560. The number of pyridine rings is 1. The number of rotatable bonds is 4. The summed E-state index contributed by atoms with van der Waals surface area (Å²) in [5.74, 6) is 0.478. The van der Waals surface area contributed by atoms with E-state index in [9.17, 15) is 13.2 Å².